The molecular weight excluding hydrogens is 351 g/mol. The Hall–Kier alpha value is -1.54. The highest BCUT2D eigenvalue weighted by Crippen LogP contribution is 2.38. The molecule has 0 aliphatic carbocycles. The molecule has 0 fully saturated rings. The highest BCUT2D eigenvalue weighted by molar-refractivity contribution is 6.74. The third kappa shape index (κ3) is 4.55. The van der Waals surface area contributed by atoms with Crippen molar-refractivity contribution in [1.82, 2.24) is 0 Å². The van der Waals surface area contributed by atoms with E-state index in [1.165, 1.54) is 6.07 Å². The Bertz CT molecular complexity index is 654. The minimum Gasteiger partial charge on any atom is -0.478 e. The zero-order valence-corrected chi connectivity index (χ0v) is 16.1. The fraction of sp³-hybridized carbons (Fsp3) is 0.588. The molecule has 1 aliphatic heterocycles. The van der Waals surface area contributed by atoms with E-state index < -0.39 is 32.1 Å². The van der Waals surface area contributed by atoms with E-state index in [1.54, 1.807) is 0 Å². The second-order valence-electron chi connectivity index (χ2n) is 7.70. The normalized spacial score (nSPS) is 18.4. The van der Waals surface area contributed by atoms with Crippen LogP contribution in [0.1, 0.15) is 32.8 Å². The Labute approximate surface area is 146 Å². The van der Waals surface area contributed by atoms with Gasteiger partial charge in [-0.15, -0.1) is 0 Å². The molecule has 1 aliphatic rings. The van der Waals surface area contributed by atoms with Crippen molar-refractivity contribution in [2.45, 2.75) is 57.6 Å². The van der Waals surface area contributed by atoms with Crippen molar-refractivity contribution in [3.8, 4) is 5.75 Å². The second-order valence-corrected chi connectivity index (χ2v) is 12.5. The summed E-state index contributed by atoms with van der Waals surface area (Å²) < 4.78 is 49.8. The van der Waals surface area contributed by atoms with E-state index in [4.69, 9.17) is 9.16 Å². The minimum atomic E-state index is -4.46. The van der Waals surface area contributed by atoms with E-state index in [2.05, 4.69) is 39.2 Å². The maximum atomic E-state index is 12.7. The molecule has 1 unspecified atom stereocenters. The monoisotopic (exact) mass is 375 g/mol. The van der Waals surface area contributed by atoms with Gasteiger partial charge in [-0.25, -0.2) is 0 Å². The molecule has 0 bridgehead atoms. The Kier molecular flexibility index (Phi) is 5.25. The van der Waals surface area contributed by atoms with E-state index in [-0.39, 0.29) is 16.5 Å². The first-order chi connectivity index (χ1) is 11.3. The zero-order valence-electron chi connectivity index (χ0n) is 15.1. The predicted octanol–water partition coefficient (Wildman–Crippen LogP) is 4.82. The molecule has 0 aromatic heterocycles. The molecule has 1 atom stereocenters. The molecule has 0 saturated heterocycles. The summed E-state index contributed by atoms with van der Waals surface area (Å²) >= 11 is 0. The van der Waals surface area contributed by atoms with Crippen molar-refractivity contribution >= 4 is 19.9 Å². The van der Waals surface area contributed by atoms with Crippen LogP contribution in [0.25, 0.3) is 0 Å². The highest BCUT2D eigenvalue weighted by atomic mass is 28.4. The number of hydrogen-bond acceptors (Lipinski definition) is 3. The van der Waals surface area contributed by atoms with E-state index in [1.807, 2.05) is 0 Å². The van der Waals surface area contributed by atoms with Gasteiger partial charge in [0.1, 0.15) is 5.75 Å². The molecule has 8 heteroatoms. The van der Waals surface area contributed by atoms with Crippen molar-refractivity contribution in [3.63, 3.8) is 0 Å². The van der Waals surface area contributed by atoms with E-state index in [0.29, 0.717) is 13.0 Å². The van der Waals surface area contributed by atoms with Gasteiger partial charge in [0, 0.05) is 13.0 Å². The molecule has 4 nitrogen and oxygen atoms in total. The standard InChI is InChI=1S/C17H24F3NO3Si/c1-16(2,3)25(4,5)23-9-8-14-15(22)21-12-10-11(17(18,19)20)6-7-13(12)24-14/h6-7,10,14H,8-9H2,1-5H3,(H,21,22). The maximum absolute atomic E-state index is 12.7. The van der Waals surface area contributed by atoms with Crippen molar-refractivity contribution in [2.75, 3.05) is 11.9 Å². The summed E-state index contributed by atoms with van der Waals surface area (Å²) in [7, 11) is -1.92. The first-order valence-corrected chi connectivity index (χ1v) is 11.0. The SMILES string of the molecule is CC(C)(C)[Si](C)(C)OCCC1Oc2ccc(C(F)(F)F)cc2NC1=O. The van der Waals surface area contributed by atoms with Crippen LogP contribution in [0.2, 0.25) is 18.1 Å². The van der Waals surface area contributed by atoms with Crippen molar-refractivity contribution < 1.29 is 27.1 Å². The van der Waals surface area contributed by atoms with E-state index in [9.17, 15) is 18.0 Å². The van der Waals surface area contributed by atoms with Crippen LogP contribution in [0.5, 0.6) is 5.75 Å². The van der Waals surface area contributed by atoms with Gasteiger partial charge in [-0.1, -0.05) is 20.8 Å². The van der Waals surface area contributed by atoms with Crippen LogP contribution in [0.15, 0.2) is 18.2 Å². The number of halogens is 3. The van der Waals surface area contributed by atoms with E-state index >= 15 is 0 Å². The lowest BCUT2D eigenvalue weighted by molar-refractivity contribution is -0.137. The van der Waals surface area contributed by atoms with Crippen molar-refractivity contribution in [1.29, 1.82) is 0 Å². The number of rotatable bonds is 4. The smallest absolute Gasteiger partial charge is 0.416 e. The number of hydrogen-bond donors (Lipinski definition) is 1. The summed E-state index contributed by atoms with van der Waals surface area (Å²) in [6, 6.07) is 3.06. The highest BCUT2D eigenvalue weighted by Gasteiger charge is 2.38. The van der Waals surface area contributed by atoms with Gasteiger partial charge >= 0.3 is 6.18 Å². The molecular formula is C17H24F3NO3Si. The summed E-state index contributed by atoms with van der Waals surface area (Å²) in [6.45, 7) is 11.0. The lowest BCUT2D eigenvalue weighted by Crippen LogP contribution is -2.43. The summed E-state index contributed by atoms with van der Waals surface area (Å²) in [5.41, 5.74) is -0.781. The van der Waals surface area contributed by atoms with Crippen molar-refractivity contribution in [2.24, 2.45) is 0 Å². The first-order valence-electron chi connectivity index (χ1n) is 8.14. The molecule has 1 amide bonds. The number of anilines is 1. The number of amides is 1. The van der Waals surface area contributed by atoms with Crippen LogP contribution in [0.3, 0.4) is 0 Å². The molecule has 25 heavy (non-hydrogen) atoms. The average Bonchev–Trinajstić information content (AvgIpc) is 2.45. The van der Waals surface area contributed by atoms with Gasteiger partial charge in [-0.3, -0.25) is 4.79 Å². The molecule has 140 valence electrons. The average molecular weight is 375 g/mol. The summed E-state index contributed by atoms with van der Waals surface area (Å²) in [6.07, 6.45) is -4.89. The van der Waals surface area contributed by atoms with Gasteiger partial charge in [0.05, 0.1) is 11.3 Å². The molecule has 1 heterocycles. The van der Waals surface area contributed by atoms with Gasteiger partial charge in [0.2, 0.25) is 0 Å². The van der Waals surface area contributed by atoms with Crippen LogP contribution in [-0.4, -0.2) is 26.9 Å². The number of carbonyl (C=O) groups is 1. The van der Waals surface area contributed by atoms with Crippen LogP contribution < -0.4 is 10.1 Å². The summed E-state index contributed by atoms with van der Waals surface area (Å²) in [5.74, 6) is -0.212. The Morgan fingerprint density at radius 3 is 2.44 bits per heavy atom. The third-order valence-corrected chi connectivity index (χ3v) is 9.31. The molecule has 1 aromatic carbocycles. The Morgan fingerprint density at radius 1 is 1.24 bits per heavy atom. The molecule has 0 radical (unpaired) electrons. The maximum Gasteiger partial charge on any atom is 0.416 e. The quantitative estimate of drug-likeness (QED) is 0.768. The van der Waals surface area contributed by atoms with Gasteiger partial charge in [0.15, 0.2) is 14.4 Å². The first kappa shape index (κ1) is 19.8. The largest absolute Gasteiger partial charge is 0.478 e. The van der Waals surface area contributed by atoms with Gasteiger partial charge in [-0.05, 0) is 36.3 Å². The van der Waals surface area contributed by atoms with Gasteiger partial charge in [0.25, 0.3) is 5.91 Å². The number of nitrogens with one attached hydrogen (secondary N) is 1. The second kappa shape index (κ2) is 6.64. The number of carbonyl (C=O) groups excluding carboxylic acids is 1. The van der Waals surface area contributed by atoms with Crippen LogP contribution in [0.4, 0.5) is 18.9 Å². The Morgan fingerprint density at radius 2 is 1.88 bits per heavy atom. The predicted molar refractivity (Wildman–Crippen MR) is 92.3 cm³/mol. The van der Waals surface area contributed by atoms with E-state index in [0.717, 1.165) is 12.1 Å². The fourth-order valence-corrected chi connectivity index (χ4v) is 3.22. The number of ether oxygens (including phenoxy) is 1. The molecule has 2 rings (SSSR count). The van der Waals surface area contributed by atoms with Crippen LogP contribution >= 0.6 is 0 Å². The molecule has 1 N–H and O–H groups in total. The zero-order chi connectivity index (χ0) is 19.0. The van der Waals surface area contributed by atoms with Crippen LogP contribution in [0, 0.1) is 0 Å². The van der Waals surface area contributed by atoms with Gasteiger partial charge in [-0.2, -0.15) is 13.2 Å². The molecule has 0 saturated carbocycles. The fourth-order valence-electron chi connectivity index (χ4n) is 2.15. The molecule has 0 spiro atoms. The lowest BCUT2D eigenvalue weighted by atomic mass is 10.1. The number of fused-ring (bicyclic) bond motifs is 1. The van der Waals surface area contributed by atoms with Crippen LogP contribution in [-0.2, 0) is 15.4 Å². The third-order valence-electron chi connectivity index (χ3n) is 4.78. The topological polar surface area (TPSA) is 47.6 Å². The van der Waals surface area contributed by atoms with Crippen molar-refractivity contribution in [3.05, 3.63) is 23.8 Å². The molecule has 1 aromatic rings. The number of alkyl halides is 3. The number of benzene rings is 1. The minimum absolute atomic E-state index is 0.0430. The summed E-state index contributed by atoms with van der Waals surface area (Å²) in [5, 5.41) is 2.55. The summed E-state index contributed by atoms with van der Waals surface area (Å²) in [4.78, 5) is 12.1. The lowest BCUT2D eigenvalue weighted by Gasteiger charge is -2.36. The van der Waals surface area contributed by atoms with Gasteiger partial charge < -0.3 is 14.5 Å². The Balaban J connectivity index is 2.02.